The smallest absolute Gasteiger partial charge is 0.268 e. The van der Waals surface area contributed by atoms with Gasteiger partial charge in [-0.25, -0.2) is 5.84 Å². The van der Waals surface area contributed by atoms with Crippen LogP contribution in [0.1, 0.15) is 43.3 Å². The van der Waals surface area contributed by atoms with Gasteiger partial charge in [-0.05, 0) is 45.2 Å². The molecule has 0 spiro atoms. The standard InChI is InChI=1S/C15H28N4O2/c1-4-18(5-2)8-7-9-19(6-3)11-14-10-13(12-21-14)15(20)17-16/h10,12H,4-9,11,16H2,1-3H3,(H,17,20). The molecule has 21 heavy (non-hydrogen) atoms. The van der Waals surface area contributed by atoms with Crippen molar-refractivity contribution >= 4 is 5.91 Å². The molecule has 0 radical (unpaired) electrons. The Labute approximate surface area is 127 Å². The third-order valence-electron chi connectivity index (χ3n) is 3.72. The van der Waals surface area contributed by atoms with Crippen molar-refractivity contribution in [3.8, 4) is 0 Å². The number of nitrogens with two attached hydrogens (primary N) is 1. The lowest BCUT2D eigenvalue weighted by Crippen LogP contribution is -2.30. The number of hydrogen-bond donors (Lipinski definition) is 2. The van der Waals surface area contributed by atoms with E-state index in [1.807, 2.05) is 0 Å². The highest BCUT2D eigenvalue weighted by Gasteiger charge is 2.11. The molecule has 0 saturated heterocycles. The molecule has 1 heterocycles. The fraction of sp³-hybridized carbons (Fsp3) is 0.667. The van der Waals surface area contributed by atoms with E-state index in [-0.39, 0.29) is 5.91 Å². The van der Waals surface area contributed by atoms with E-state index in [2.05, 4.69) is 36.0 Å². The van der Waals surface area contributed by atoms with E-state index in [4.69, 9.17) is 10.3 Å². The Kier molecular flexibility index (Phi) is 8.04. The predicted octanol–water partition coefficient (Wildman–Crippen LogP) is 1.44. The van der Waals surface area contributed by atoms with Crippen LogP contribution in [0.4, 0.5) is 0 Å². The molecule has 0 fully saturated rings. The molecular formula is C15H28N4O2. The number of carbonyl (C=O) groups is 1. The average molecular weight is 296 g/mol. The zero-order valence-corrected chi connectivity index (χ0v) is 13.4. The number of carbonyl (C=O) groups excluding carboxylic acids is 1. The zero-order valence-electron chi connectivity index (χ0n) is 13.4. The highest BCUT2D eigenvalue weighted by atomic mass is 16.3. The summed E-state index contributed by atoms with van der Waals surface area (Å²) in [4.78, 5) is 16.1. The number of rotatable bonds is 10. The molecule has 0 atom stereocenters. The molecular weight excluding hydrogens is 268 g/mol. The van der Waals surface area contributed by atoms with Crippen LogP contribution in [0, 0.1) is 0 Å². The Morgan fingerprint density at radius 3 is 2.38 bits per heavy atom. The minimum atomic E-state index is -0.324. The molecule has 1 aromatic heterocycles. The van der Waals surface area contributed by atoms with Gasteiger partial charge < -0.3 is 9.32 Å². The normalized spacial score (nSPS) is 11.3. The van der Waals surface area contributed by atoms with Crippen molar-refractivity contribution in [3.05, 3.63) is 23.7 Å². The average Bonchev–Trinajstić information content (AvgIpc) is 2.98. The van der Waals surface area contributed by atoms with Crippen LogP contribution >= 0.6 is 0 Å². The summed E-state index contributed by atoms with van der Waals surface area (Å²) in [6.07, 6.45) is 2.58. The van der Waals surface area contributed by atoms with Crippen LogP contribution in [0.2, 0.25) is 0 Å². The molecule has 0 aliphatic rings. The highest BCUT2D eigenvalue weighted by Crippen LogP contribution is 2.11. The number of hydrazine groups is 1. The minimum Gasteiger partial charge on any atom is -0.467 e. The van der Waals surface area contributed by atoms with Gasteiger partial charge in [0.15, 0.2) is 0 Å². The van der Waals surface area contributed by atoms with Gasteiger partial charge >= 0.3 is 0 Å². The predicted molar refractivity (Wildman–Crippen MR) is 83.7 cm³/mol. The van der Waals surface area contributed by atoms with Crippen LogP contribution in [-0.2, 0) is 6.54 Å². The van der Waals surface area contributed by atoms with E-state index in [0.29, 0.717) is 12.1 Å². The number of amides is 1. The quantitative estimate of drug-likeness (QED) is 0.388. The van der Waals surface area contributed by atoms with Crippen LogP contribution in [0.3, 0.4) is 0 Å². The van der Waals surface area contributed by atoms with Gasteiger partial charge in [0.2, 0.25) is 0 Å². The number of hydrogen-bond acceptors (Lipinski definition) is 5. The van der Waals surface area contributed by atoms with Gasteiger partial charge in [-0.2, -0.15) is 0 Å². The summed E-state index contributed by atoms with van der Waals surface area (Å²) in [6.45, 7) is 12.5. The fourth-order valence-electron chi connectivity index (χ4n) is 2.29. The van der Waals surface area contributed by atoms with Crippen molar-refractivity contribution in [2.45, 2.75) is 33.7 Å². The van der Waals surface area contributed by atoms with E-state index < -0.39 is 0 Å². The summed E-state index contributed by atoms with van der Waals surface area (Å²) in [5.41, 5.74) is 2.57. The van der Waals surface area contributed by atoms with Crippen molar-refractivity contribution in [1.82, 2.24) is 15.2 Å². The first kappa shape index (κ1) is 17.7. The topological polar surface area (TPSA) is 74.7 Å². The second-order valence-corrected chi connectivity index (χ2v) is 5.02. The van der Waals surface area contributed by atoms with E-state index in [0.717, 1.165) is 44.9 Å². The molecule has 3 N–H and O–H groups in total. The molecule has 120 valence electrons. The van der Waals surface area contributed by atoms with Gasteiger partial charge in [0, 0.05) is 0 Å². The van der Waals surface area contributed by atoms with Crippen LogP contribution in [0.25, 0.3) is 0 Å². The Bertz CT molecular complexity index is 416. The first-order valence-corrected chi connectivity index (χ1v) is 7.67. The monoisotopic (exact) mass is 296 g/mol. The molecule has 0 saturated carbocycles. The van der Waals surface area contributed by atoms with E-state index in [1.165, 1.54) is 6.26 Å². The van der Waals surface area contributed by atoms with Gasteiger partial charge in [0.05, 0.1) is 12.1 Å². The van der Waals surface area contributed by atoms with Crippen LogP contribution in [-0.4, -0.2) is 48.4 Å². The lowest BCUT2D eigenvalue weighted by molar-refractivity contribution is 0.0953. The third kappa shape index (κ3) is 5.87. The molecule has 0 aliphatic carbocycles. The summed E-state index contributed by atoms with van der Waals surface area (Å²) in [5.74, 6) is 5.57. The summed E-state index contributed by atoms with van der Waals surface area (Å²) in [7, 11) is 0. The lowest BCUT2D eigenvalue weighted by Gasteiger charge is -2.22. The van der Waals surface area contributed by atoms with Crippen molar-refractivity contribution in [3.63, 3.8) is 0 Å². The Hall–Kier alpha value is -1.37. The number of nitrogens with zero attached hydrogens (tertiary/aromatic N) is 2. The number of nitrogen functional groups attached to an aromatic ring is 1. The van der Waals surface area contributed by atoms with E-state index >= 15 is 0 Å². The lowest BCUT2D eigenvalue weighted by atomic mass is 10.2. The Morgan fingerprint density at radius 2 is 1.81 bits per heavy atom. The second-order valence-electron chi connectivity index (χ2n) is 5.02. The minimum absolute atomic E-state index is 0.324. The molecule has 0 bridgehead atoms. The summed E-state index contributed by atoms with van der Waals surface area (Å²) in [6, 6.07) is 1.75. The zero-order chi connectivity index (χ0) is 15.7. The molecule has 0 unspecified atom stereocenters. The maximum Gasteiger partial charge on any atom is 0.268 e. The van der Waals surface area contributed by atoms with Crippen molar-refractivity contribution in [2.75, 3.05) is 32.7 Å². The third-order valence-corrected chi connectivity index (χ3v) is 3.72. The molecule has 0 aliphatic heterocycles. The molecule has 6 heteroatoms. The summed E-state index contributed by atoms with van der Waals surface area (Å²) >= 11 is 0. The van der Waals surface area contributed by atoms with Crippen molar-refractivity contribution in [1.29, 1.82) is 0 Å². The molecule has 6 nitrogen and oxygen atoms in total. The van der Waals surface area contributed by atoms with Crippen LogP contribution in [0.15, 0.2) is 16.7 Å². The molecule has 1 rings (SSSR count). The fourth-order valence-corrected chi connectivity index (χ4v) is 2.29. The highest BCUT2D eigenvalue weighted by molar-refractivity contribution is 5.93. The Balaban J connectivity index is 2.43. The molecule has 0 aromatic carbocycles. The van der Waals surface area contributed by atoms with E-state index in [1.54, 1.807) is 6.07 Å². The van der Waals surface area contributed by atoms with Gasteiger partial charge in [-0.3, -0.25) is 15.1 Å². The van der Waals surface area contributed by atoms with E-state index in [9.17, 15) is 4.79 Å². The van der Waals surface area contributed by atoms with Crippen molar-refractivity contribution < 1.29 is 9.21 Å². The van der Waals surface area contributed by atoms with Gasteiger partial charge in [0.1, 0.15) is 12.0 Å². The largest absolute Gasteiger partial charge is 0.467 e. The maximum absolute atomic E-state index is 11.4. The van der Waals surface area contributed by atoms with Gasteiger partial charge in [-0.1, -0.05) is 20.8 Å². The van der Waals surface area contributed by atoms with Crippen LogP contribution < -0.4 is 11.3 Å². The number of furan rings is 1. The summed E-state index contributed by atoms with van der Waals surface area (Å²) < 4.78 is 5.42. The number of nitrogens with one attached hydrogen (secondary N) is 1. The van der Waals surface area contributed by atoms with Gasteiger partial charge in [0.25, 0.3) is 5.91 Å². The van der Waals surface area contributed by atoms with Gasteiger partial charge in [-0.15, -0.1) is 0 Å². The second kappa shape index (κ2) is 9.55. The summed E-state index contributed by atoms with van der Waals surface area (Å²) in [5, 5.41) is 0. The maximum atomic E-state index is 11.4. The first-order chi connectivity index (χ1) is 10.1. The SMILES string of the molecule is CCN(CC)CCCN(CC)Cc1cc(C(=O)NN)co1. The molecule has 1 amide bonds. The molecule has 1 aromatic rings. The van der Waals surface area contributed by atoms with Crippen molar-refractivity contribution in [2.24, 2.45) is 5.84 Å². The van der Waals surface area contributed by atoms with Crippen LogP contribution in [0.5, 0.6) is 0 Å². The Morgan fingerprint density at radius 1 is 1.19 bits per heavy atom. The first-order valence-electron chi connectivity index (χ1n) is 7.67.